The molecule has 0 bridgehead atoms. The van der Waals surface area contributed by atoms with E-state index in [1.165, 1.54) is 44.9 Å². The van der Waals surface area contributed by atoms with Crippen molar-refractivity contribution in [2.75, 3.05) is 0 Å². The molecule has 6 heteroatoms. The van der Waals surface area contributed by atoms with Crippen molar-refractivity contribution >= 4 is 11.9 Å². The van der Waals surface area contributed by atoms with Crippen molar-refractivity contribution in [3.05, 3.63) is 0 Å². The van der Waals surface area contributed by atoms with Gasteiger partial charge in [-0.25, -0.2) is 0 Å². The Hall–Kier alpha value is 1.58. The van der Waals surface area contributed by atoms with Crippen molar-refractivity contribution in [3.63, 3.8) is 0 Å². The van der Waals surface area contributed by atoms with Crippen LogP contribution < -0.4 is 91.2 Å². The molecule has 0 saturated carbocycles. The van der Waals surface area contributed by atoms with Crippen molar-refractivity contribution in [3.8, 4) is 0 Å². The summed E-state index contributed by atoms with van der Waals surface area (Å²) in [6.07, 6.45) is 17.6. The Bertz CT molecular complexity index is 377. The molecule has 0 aromatic heterocycles. The van der Waals surface area contributed by atoms with E-state index in [1.54, 1.807) is 0 Å². The second-order valence-electron chi connectivity index (χ2n) is 8.11. The molecule has 0 aliphatic rings. The van der Waals surface area contributed by atoms with Crippen LogP contribution in [0.5, 0.6) is 0 Å². The van der Waals surface area contributed by atoms with E-state index in [-0.39, 0.29) is 93.8 Å². The minimum Gasteiger partial charge on any atom is -0.549 e. The van der Waals surface area contributed by atoms with Gasteiger partial charge in [-0.15, -0.1) is 0 Å². The summed E-state index contributed by atoms with van der Waals surface area (Å²) in [6.45, 7) is 4.36. The summed E-state index contributed by atoms with van der Waals surface area (Å²) in [7, 11) is 0. The van der Waals surface area contributed by atoms with E-state index >= 15 is 0 Å². The van der Waals surface area contributed by atoms with Gasteiger partial charge >= 0.3 is 80.9 Å². The third-order valence-corrected chi connectivity index (χ3v) is 5.70. The second kappa shape index (κ2) is 24.2. The molecule has 0 spiro atoms. The fourth-order valence-electron chi connectivity index (χ4n) is 3.74. The molecule has 0 aliphatic heterocycles. The van der Waals surface area contributed by atoms with Crippen LogP contribution in [0.15, 0.2) is 0 Å². The monoisotopic (exact) mass is 444 g/mol. The molecule has 0 fully saturated rings. The minimum atomic E-state index is -1.80. The largest absolute Gasteiger partial charge is 1.00 e. The molecule has 0 aromatic carbocycles. The molecule has 0 aromatic rings. The summed E-state index contributed by atoms with van der Waals surface area (Å²) in [5.41, 5.74) is -1.80. The molecule has 0 atom stereocenters. The van der Waals surface area contributed by atoms with Gasteiger partial charge in [0.1, 0.15) is 0 Å². The number of carboxylic acid groups (broad SMARTS) is 2. The third kappa shape index (κ3) is 17.8. The van der Waals surface area contributed by atoms with E-state index in [9.17, 15) is 19.8 Å². The Morgan fingerprint density at radius 2 is 0.793 bits per heavy atom. The summed E-state index contributed by atoms with van der Waals surface area (Å²) in [5.74, 6) is -2.93. The predicted octanol–water partition coefficient (Wildman–Crippen LogP) is -1.46. The summed E-state index contributed by atoms with van der Waals surface area (Å²) >= 11 is 0. The Labute approximate surface area is 244 Å². The average Bonchev–Trinajstić information content (AvgIpc) is 2.63. The van der Waals surface area contributed by atoms with Gasteiger partial charge < -0.3 is 19.8 Å². The molecule has 0 saturated heterocycles. The molecule has 4 nitrogen and oxygen atoms in total. The first kappa shape index (κ1) is 35.2. The van der Waals surface area contributed by atoms with Crippen LogP contribution in [-0.4, -0.2) is 11.9 Å². The molecule has 0 heterocycles. The Kier molecular flexibility index (Phi) is 29.4. The summed E-state index contributed by atoms with van der Waals surface area (Å²) in [4.78, 5) is 23.2. The van der Waals surface area contributed by atoms with Gasteiger partial charge in [0.25, 0.3) is 0 Å². The van der Waals surface area contributed by atoms with Gasteiger partial charge in [-0.3, -0.25) is 0 Å². The van der Waals surface area contributed by atoms with Gasteiger partial charge in [0, 0.05) is 5.41 Å². The van der Waals surface area contributed by atoms with Crippen molar-refractivity contribution in [2.45, 2.75) is 129 Å². The number of unbranched alkanes of at least 4 members (excludes halogenated alkanes) is 14. The predicted molar refractivity (Wildman–Crippen MR) is 107 cm³/mol. The van der Waals surface area contributed by atoms with Crippen LogP contribution in [0.2, 0.25) is 0 Å². The van der Waals surface area contributed by atoms with E-state index in [2.05, 4.69) is 13.8 Å². The minimum absolute atomic E-state index is 0. The van der Waals surface area contributed by atoms with Crippen LogP contribution in [0.3, 0.4) is 0 Å². The topological polar surface area (TPSA) is 80.3 Å². The second-order valence-corrected chi connectivity index (χ2v) is 8.11. The first-order chi connectivity index (χ1) is 13.0. The van der Waals surface area contributed by atoms with Crippen LogP contribution in [0.4, 0.5) is 0 Å². The molecule has 0 N–H and O–H groups in total. The van der Waals surface area contributed by atoms with E-state index in [0.29, 0.717) is 12.8 Å². The number of hydrogen-bond acceptors (Lipinski definition) is 4. The molecule has 0 rings (SSSR count). The van der Waals surface area contributed by atoms with Gasteiger partial charge in [0.15, 0.2) is 0 Å². The maximum absolute atomic E-state index is 11.6. The molecule has 160 valence electrons. The first-order valence-corrected chi connectivity index (χ1v) is 11.4. The van der Waals surface area contributed by atoms with Gasteiger partial charge in [0.2, 0.25) is 0 Å². The average molecular weight is 445 g/mol. The van der Waals surface area contributed by atoms with Crippen molar-refractivity contribution in [1.82, 2.24) is 0 Å². The SMILES string of the molecule is CCCCCCCCCCCCC(CCCCCCCC)(C(=O)[O-])C(=O)[O-].[K+].[Na+]. The van der Waals surface area contributed by atoms with Crippen LogP contribution in [-0.2, 0) is 9.59 Å². The fourth-order valence-corrected chi connectivity index (χ4v) is 3.74. The number of carbonyl (C=O) groups is 2. The van der Waals surface area contributed by atoms with Crippen LogP contribution in [0.25, 0.3) is 0 Å². The van der Waals surface area contributed by atoms with Crippen LogP contribution in [0.1, 0.15) is 129 Å². The zero-order chi connectivity index (χ0) is 20.4. The van der Waals surface area contributed by atoms with E-state index < -0.39 is 17.4 Å². The molecule has 29 heavy (non-hydrogen) atoms. The smallest absolute Gasteiger partial charge is 0.549 e. The van der Waals surface area contributed by atoms with Gasteiger partial charge in [-0.1, -0.05) is 117 Å². The zero-order valence-corrected chi connectivity index (χ0v) is 25.0. The summed E-state index contributed by atoms with van der Waals surface area (Å²) in [6, 6.07) is 0. The Balaban J connectivity index is -0.00000338. The summed E-state index contributed by atoms with van der Waals surface area (Å²) < 4.78 is 0. The maximum atomic E-state index is 11.6. The van der Waals surface area contributed by atoms with Crippen LogP contribution in [0, 0.1) is 5.41 Å². The molecule has 0 radical (unpaired) electrons. The third-order valence-electron chi connectivity index (χ3n) is 5.70. The van der Waals surface area contributed by atoms with Gasteiger partial charge in [-0.05, 0) is 12.8 Å². The number of hydrogen-bond donors (Lipinski definition) is 0. The van der Waals surface area contributed by atoms with E-state index in [0.717, 1.165) is 44.9 Å². The molecular formula is C23H42KNaO4. The van der Waals surface area contributed by atoms with E-state index in [1.807, 2.05) is 0 Å². The van der Waals surface area contributed by atoms with Gasteiger partial charge in [0.05, 0.1) is 11.9 Å². The summed E-state index contributed by atoms with van der Waals surface area (Å²) in [5, 5.41) is 23.2. The number of carboxylic acids is 2. The van der Waals surface area contributed by atoms with Crippen molar-refractivity contribution in [2.24, 2.45) is 5.41 Å². The molecule has 0 amide bonds. The Morgan fingerprint density at radius 3 is 1.03 bits per heavy atom. The van der Waals surface area contributed by atoms with Gasteiger partial charge in [-0.2, -0.15) is 0 Å². The maximum Gasteiger partial charge on any atom is 1.00 e. The normalized spacial score (nSPS) is 10.8. The quantitative estimate of drug-likeness (QED) is 0.131. The molecule has 0 unspecified atom stereocenters. The Morgan fingerprint density at radius 1 is 0.552 bits per heavy atom. The number of aliphatic carboxylic acids is 2. The fraction of sp³-hybridized carbons (Fsp3) is 0.913. The molecule has 0 aliphatic carbocycles. The van der Waals surface area contributed by atoms with Crippen LogP contribution >= 0.6 is 0 Å². The molecular weight excluding hydrogens is 402 g/mol. The standard InChI is InChI=1S/C23H44O4.K.Na/c1-3-5-7-9-11-12-13-14-16-18-20-23(21(24)25,22(26)27)19-17-15-10-8-6-4-2;;/h3-20H2,1-2H3,(H,24,25)(H,26,27);;/q;2*+1/p-2. The van der Waals surface area contributed by atoms with Crippen molar-refractivity contribution < 1.29 is 101 Å². The first-order valence-electron chi connectivity index (χ1n) is 11.4. The number of rotatable bonds is 20. The zero-order valence-electron chi connectivity index (χ0n) is 19.9. The number of carbonyl (C=O) groups excluding carboxylic acids is 2. The van der Waals surface area contributed by atoms with Crippen molar-refractivity contribution in [1.29, 1.82) is 0 Å². The van der Waals surface area contributed by atoms with E-state index in [4.69, 9.17) is 0 Å².